The van der Waals surface area contributed by atoms with Crippen molar-refractivity contribution < 1.29 is 57.6 Å². The number of carbonyl (C=O) groups is 7. The molecule has 1 fully saturated rings. The van der Waals surface area contributed by atoms with Gasteiger partial charge < -0.3 is 40.8 Å². The van der Waals surface area contributed by atoms with E-state index in [1.165, 1.54) is 39.8 Å². The summed E-state index contributed by atoms with van der Waals surface area (Å²) in [4.78, 5) is 89.2. The van der Waals surface area contributed by atoms with Gasteiger partial charge in [-0.05, 0) is 70.9 Å². The Bertz CT molecular complexity index is 1420. The van der Waals surface area contributed by atoms with Crippen LogP contribution in [-0.2, 0) is 47.7 Å². The molecule has 2 amide bonds. The van der Waals surface area contributed by atoms with E-state index in [0.717, 1.165) is 0 Å². The van der Waals surface area contributed by atoms with E-state index in [0.29, 0.717) is 6.42 Å². The molecule has 0 bridgehead atoms. The van der Waals surface area contributed by atoms with Crippen LogP contribution in [0.15, 0.2) is 18.2 Å². The highest BCUT2D eigenvalue weighted by Crippen LogP contribution is 2.27. The first-order chi connectivity index (χ1) is 23.5. The van der Waals surface area contributed by atoms with E-state index < -0.39 is 83.3 Å². The van der Waals surface area contributed by atoms with E-state index in [2.05, 4.69) is 5.32 Å². The van der Waals surface area contributed by atoms with E-state index in [9.17, 15) is 33.6 Å². The van der Waals surface area contributed by atoms with Crippen LogP contribution in [0.3, 0.4) is 0 Å². The van der Waals surface area contributed by atoms with E-state index in [-0.39, 0.29) is 48.1 Å². The van der Waals surface area contributed by atoms with Gasteiger partial charge in [0.05, 0.1) is 23.7 Å². The Balaban J connectivity index is 0.000000997. The van der Waals surface area contributed by atoms with Crippen molar-refractivity contribution in [1.29, 1.82) is 0 Å². The smallest absolute Gasteiger partial charge is 0.347 e. The van der Waals surface area contributed by atoms with E-state index >= 15 is 0 Å². The van der Waals surface area contributed by atoms with Crippen molar-refractivity contribution in [2.45, 2.75) is 125 Å². The summed E-state index contributed by atoms with van der Waals surface area (Å²) in [5.74, 6) is -6.38. The van der Waals surface area contributed by atoms with Crippen LogP contribution < -0.4 is 16.8 Å². The number of ether oxygens (including phenoxy) is 4. The number of ketones is 1. The van der Waals surface area contributed by atoms with Crippen LogP contribution in [0.2, 0.25) is 0 Å². The van der Waals surface area contributed by atoms with Gasteiger partial charge in [0, 0.05) is 5.92 Å². The topological polar surface area (TPSA) is 241 Å². The molecule has 0 spiro atoms. The van der Waals surface area contributed by atoms with Crippen LogP contribution in [0, 0.1) is 23.2 Å². The Labute approximate surface area is 299 Å². The number of carbonyl (C=O) groups excluding carboxylic acids is 7. The lowest BCUT2D eigenvalue weighted by molar-refractivity contribution is -0.182. The summed E-state index contributed by atoms with van der Waals surface area (Å²) >= 11 is 0. The molecule has 1 aliphatic heterocycles. The second-order valence-corrected chi connectivity index (χ2v) is 14.1. The number of hydrogen-bond donors (Lipinski definition) is 4. The summed E-state index contributed by atoms with van der Waals surface area (Å²) in [6, 6.07) is 3.34. The maximum absolute atomic E-state index is 13.7. The minimum absolute atomic E-state index is 0.0463. The summed E-state index contributed by atoms with van der Waals surface area (Å²) in [6.45, 7) is 16.4. The minimum Gasteiger partial charge on any atom is -0.505 e. The zero-order valence-corrected chi connectivity index (χ0v) is 31.3. The molecule has 15 nitrogen and oxygen atoms in total. The Morgan fingerprint density at radius 1 is 0.922 bits per heavy atom. The van der Waals surface area contributed by atoms with Crippen LogP contribution >= 0.6 is 0 Å². The highest BCUT2D eigenvalue weighted by atomic mass is 16.6. The minimum atomic E-state index is -1.74. The third kappa shape index (κ3) is 13.5. The number of hydrogen-bond acceptors (Lipinski definition) is 13. The van der Waals surface area contributed by atoms with Crippen molar-refractivity contribution in [1.82, 2.24) is 5.32 Å². The molecular formula is C36H55N3O12. The summed E-state index contributed by atoms with van der Waals surface area (Å²) < 4.78 is 21.5. The molecule has 286 valence electrons. The molecule has 15 heteroatoms. The van der Waals surface area contributed by atoms with Gasteiger partial charge >= 0.3 is 23.9 Å². The fourth-order valence-electron chi connectivity index (χ4n) is 4.86. The third-order valence-corrected chi connectivity index (χ3v) is 8.07. The van der Waals surface area contributed by atoms with Crippen LogP contribution in [0.1, 0.15) is 105 Å². The number of primary amides is 1. The lowest BCUT2D eigenvalue weighted by Gasteiger charge is -2.31. The molecule has 1 saturated heterocycles. The molecule has 1 aliphatic rings. The fourth-order valence-corrected chi connectivity index (χ4v) is 4.86. The van der Waals surface area contributed by atoms with Gasteiger partial charge in [0.1, 0.15) is 11.5 Å². The Morgan fingerprint density at radius 3 is 2.02 bits per heavy atom. The standard InChI is InChI=1S/C29H47NO10.C7H8N2O2/c1-11-17(6)23-25(33)30-20(12-15(2)3)24(32)29(9,10)28(36)39-21(13-16(4)5)27(35)37-18(7)14-22(31)38-19(8)26(34)40-23;8-5-3-1-2-4(6(5)10)7(9)11/h15-21,23H,11-14H2,1-10H3,(H,30,33);1-3,10H,8H2,(H2,9,11)/t17?,18-,19+,20+,21+,23?;/m1./s1. The van der Waals surface area contributed by atoms with E-state index in [1.807, 2.05) is 34.6 Å². The lowest BCUT2D eigenvalue weighted by Crippen LogP contribution is -2.54. The van der Waals surface area contributed by atoms with Crippen LogP contribution in [0.5, 0.6) is 5.75 Å². The summed E-state index contributed by atoms with van der Waals surface area (Å²) in [5.41, 5.74) is 8.69. The van der Waals surface area contributed by atoms with Crippen LogP contribution in [-0.4, -0.2) is 77.0 Å². The number of para-hydroxylation sites is 1. The Hall–Kier alpha value is -4.69. The first kappa shape index (κ1) is 44.3. The SMILES string of the molecule is CCC(C)C1OC(=O)[C@H](C)OC(=O)C[C@@H](C)OC(=O)[C@H](CC(C)C)OC(=O)C(C)(C)C(=O)[C@H](CC(C)C)NC1=O.NC(=O)c1cccc(N)c1O. The molecule has 1 heterocycles. The van der Waals surface area contributed by atoms with Gasteiger partial charge in [0.25, 0.3) is 11.8 Å². The number of nitrogens with one attached hydrogen (secondary N) is 1. The van der Waals surface area contributed by atoms with Gasteiger partial charge in [-0.15, -0.1) is 0 Å². The first-order valence-electron chi connectivity index (χ1n) is 17.1. The quantitative estimate of drug-likeness (QED) is 0.104. The molecule has 2 unspecified atom stereocenters. The number of nitrogens with two attached hydrogens (primary N) is 2. The normalized spacial score (nSPS) is 24.4. The number of Topliss-reactive ketones (excluding diaryl/α,β-unsaturated/α-hetero) is 1. The largest absolute Gasteiger partial charge is 0.505 e. The van der Waals surface area contributed by atoms with Gasteiger partial charge in [0.15, 0.2) is 29.8 Å². The molecule has 1 aromatic carbocycles. The highest BCUT2D eigenvalue weighted by Gasteiger charge is 2.45. The number of nitrogen functional groups attached to an aromatic ring is 1. The van der Waals surface area contributed by atoms with Crippen molar-refractivity contribution >= 4 is 47.2 Å². The van der Waals surface area contributed by atoms with Gasteiger partial charge in [0.2, 0.25) is 0 Å². The molecule has 0 radical (unpaired) electrons. The molecule has 51 heavy (non-hydrogen) atoms. The number of amides is 2. The average molecular weight is 722 g/mol. The third-order valence-electron chi connectivity index (χ3n) is 8.07. The fraction of sp³-hybridized carbons (Fsp3) is 0.639. The van der Waals surface area contributed by atoms with Crippen molar-refractivity contribution in [3.63, 3.8) is 0 Å². The van der Waals surface area contributed by atoms with Crippen molar-refractivity contribution in [3.8, 4) is 5.75 Å². The van der Waals surface area contributed by atoms with Gasteiger partial charge in [-0.1, -0.05) is 47.6 Å². The summed E-state index contributed by atoms with van der Waals surface area (Å²) in [5, 5.41) is 11.8. The van der Waals surface area contributed by atoms with Crippen LogP contribution in [0.25, 0.3) is 0 Å². The maximum atomic E-state index is 13.7. The second kappa shape index (κ2) is 19.6. The first-order valence-corrected chi connectivity index (χ1v) is 17.1. The number of phenols is 1. The summed E-state index contributed by atoms with van der Waals surface area (Å²) in [7, 11) is 0. The number of aromatic hydroxyl groups is 1. The predicted molar refractivity (Wildman–Crippen MR) is 186 cm³/mol. The molecule has 0 saturated carbocycles. The van der Waals surface area contributed by atoms with Gasteiger partial charge in [-0.3, -0.25) is 24.0 Å². The second-order valence-electron chi connectivity index (χ2n) is 14.1. The zero-order chi connectivity index (χ0) is 39.4. The molecule has 6 atom stereocenters. The molecule has 6 N–H and O–H groups in total. The van der Waals surface area contributed by atoms with Crippen molar-refractivity contribution in [2.24, 2.45) is 28.9 Å². The van der Waals surface area contributed by atoms with Crippen molar-refractivity contribution in [2.75, 3.05) is 5.73 Å². The monoisotopic (exact) mass is 721 g/mol. The Kier molecular flexibility index (Phi) is 17.1. The van der Waals surface area contributed by atoms with Gasteiger partial charge in [-0.25, -0.2) is 9.59 Å². The van der Waals surface area contributed by atoms with Crippen molar-refractivity contribution in [3.05, 3.63) is 23.8 Å². The number of rotatable bonds is 7. The summed E-state index contributed by atoms with van der Waals surface area (Å²) in [6.07, 6.45) is -4.47. The molecular weight excluding hydrogens is 666 g/mol. The number of esters is 4. The Morgan fingerprint density at radius 2 is 1.51 bits per heavy atom. The number of cyclic esters (lactones) is 4. The van der Waals surface area contributed by atoms with Gasteiger partial charge in [-0.2, -0.15) is 0 Å². The highest BCUT2D eigenvalue weighted by molar-refractivity contribution is 6.07. The molecule has 1 aromatic rings. The molecule has 0 aromatic heterocycles. The zero-order valence-electron chi connectivity index (χ0n) is 31.3. The molecule has 2 rings (SSSR count). The number of anilines is 1. The maximum Gasteiger partial charge on any atom is 0.347 e. The predicted octanol–water partition coefficient (Wildman–Crippen LogP) is 3.37. The van der Waals surface area contributed by atoms with E-state index in [4.69, 9.17) is 35.5 Å². The molecule has 0 aliphatic carbocycles. The lowest BCUT2D eigenvalue weighted by atomic mass is 9.81. The van der Waals surface area contributed by atoms with E-state index in [1.54, 1.807) is 13.0 Å². The number of benzene rings is 1. The van der Waals surface area contributed by atoms with Crippen LogP contribution in [0.4, 0.5) is 5.69 Å². The average Bonchev–Trinajstić information content (AvgIpc) is 3.02.